The smallest absolute Gasteiger partial charge is 0.326 e. The zero-order valence-electron chi connectivity index (χ0n) is 9.75. The number of carbonyl (C=O) groups is 2. The molecular weight excluding hydrogens is 228 g/mol. The van der Waals surface area contributed by atoms with Gasteiger partial charge < -0.3 is 15.1 Å². The second-order valence-corrected chi connectivity index (χ2v) is 3.97. The van der Waals surface area contributed by atoms with Crippen molar-refractivity contribution in [2.45, 2.75) is 32.7 Å². The Bertz CT molecular complexity index is 366. The minimum atomic E-state index is -1.09. The molecule has 0 saturated carbocycles. The summed E-state index contributed by atoms with van der Waals surface area (Å²) in [5.41, 5.74) is 1.22. The molecule has 7 nitrogen and oxygen atoms in total. The van der Waals surface area contributed by atoms with Crippen LogP contribution in [0, 0.1) is 0 Å². The first-order chi connectivity index (χ1) is 7.84. The molecule has 0 saturated heterocycles. The average Bonchev–Trinajstić information content (AvgIpc) is 2.46. The lowest BCUT2D eigenvalue weighted by atomic mass is 10.1. The Morgan fingerprint density at radius 2 is 1.88 bits per heavy atom. The molecule has 0 bridgehead atoms. The van der Waals surface area contributed by atoms with Crippen LogP contribution in [-0.4, -0.2) is 50.0 Å². The van der Waals surface area contributed by atoms with Crippen LogP contribution in [0.1, 0.15) is 26.7 Å². The molecule has 96 valence electrons. The van der Waals surface area contributed by atoms with Crippen molar-refractivity contribution in [1.82, 2.24) is 9.96 Å². The van der Waals surface area contributed by atoms with Gasteiger partial charge in [0.05, 0.1) is 5.70 Å². The van der Waals surface area contributed by atoms with E-state index < -0.39 is 18.0 Å². The molecule has 3 N–H and O–H groups in total. The molecule has 1 unspecified atom stereocenters. The first-order valence-electron chi connectivity index (χ1n) is 5.19. The monoisotopic (exact) mass is 244 g/mol. The highest BCUT2D eigenvalue weighted by molar-refractivity contribution is 5.75. The zero-order chi connectivity index (χ0) is 13.2. The molecule has 0 spiro atoms. The molecule has 17 heavy (non-hydrogen) atoms. The van der Waals surface area contributed by atoms with E-state index in [1.165, 1.54) is 4.90 Å². The second kappa shape index (κ2) is 5.05. The van der Waals surface area contributed by atoms with Gasteiger partial charge in [-0.3, -0.25) is 10.0 Å². The van der Waals surface area contributed by atoms with Crippen molar-refractivity contribution >= 4 is 11.9 Å². The van der Waals surface area contributed by atoms with Crippen LogP contribution in [-0.2, 0) is 9.59 Å². The summed E-state index contributed by atoms with van der Waals surface area (Å²) < 4.78 is 0. The van der Waals surface area contributed by atoms with Crippen LogP contribution in [0.3, 0.4) is 0 Å². The van der Waals surface area contributed by atoms with Crippen LogP contribution >= 0.6 is 0 Å². The Labute approximate surface area is 98.5 Å². The van der Waals surface area contributed by atoms with E-state index in [0.29, 0.717) is 11.4 Å². The van der Waals surface area contributed by atoms with Gasteiger partial charge >= 0.3 is 11.9 Å². The largest absolute Gasteiger partial charge is 0.481 e. The van der Waals surface area contributed by atoms with E-state index in [1.807, 2.05) is 0 Å². The Kier molecular flexibility index (Phi) is 3.95. The molecule has 0 fully saturated rings. The Morgan fingerprint density at radius 3 is 2.24 bits per heavy atom. The standard InChI is InChI=1S/C10H16N2O5/c1-6-7(2)12(17)5-11(6)8(10(15)16)3-4-9(13)14/h8,17H,3-5H2,1-2H3,(H,13,14)(H,15,16). The van der Waals surface area contributed by atoms with Gasteiger partial charge in [0.1, 0.15) is 12.7 Å². The molecule has 1 aliphatic heterocycles. The van der Waals surface area contributed by atoms with Crippen molar-refractivity contribution in [2.24, 2.45) is 0 Å². The van der Waals surface area contributed by atoms with E-state index in [4.69, 9.17) is 10.2 Å². The number of hydroxylamine groups is 2. The minimum absolute atomic E-state index is 0.00310. The van der Waals surface area contributed by atoms with Gasteiger partial charge in [-0.1, -0.05) is 0 Å². The van der Waals surface area contributed by atoms with Crippen molar-refractivity contribution in [3.05, 3.63) is 11.4 Å². The Hall–Kier alpha value is -1.76. The van der Waals surface area contributed by atoms with Gasteiger partial charge in [-0.2, -0.15) is 0 Å². The summed E-state index contributed by atoms with van der Waals surface area (Å²) in [6.07, 6.45) is -0.214. The lowest BCUT2D eigenvalue weighted by Crippen LogP contribution is -2.41. The summed E-state index contributed by atoms with van der Waals surface area (Å²) in [5.74, 6) is -2.12. The highest BCUT2D eigenvalue weighted by Crippen LogP contribution is 2.25. The average molecular weight is 244 g/mol. The van der Waals surface area contributed by atoms with E-state index in [-0.39, 0.29) is 19.5 Å². The molecule has 0 amide bonds. The number of allylic oxidation sites excluding steroid dienone is 2. The molecule has 1 atom stereocenters. The van der Waals surface area contributed by atoms with E-state index in [0.717, 1.165) is 5.06 Å². The molecular formula is C10H16N2O5. The Balaban J connectivity index is 2.80. The highest BCUT2D eigenvalue weighted by Gasteiger charge is 2.32. The number of carboxylic acids is 2. The number of nitrogens with zero attached hydrogens (tertiary/aromatic N) is 2. The van der Waals surface area contributed by atoms with Gasteiger partial charge in [-0.25, -0.2) is 9.86 Å². The maximum Gasteiger partial charge on any atom is 0.326 e. The second-order valence-electron chi connectivity index (χ2n) is 3.97. The van der Waals surface area contributed by atoms with Crippen molar-refractivity contribution in [2.75, 3.05) is 6.67 Å². The van der Waals surface area contributed by atoms with E-state index in [1.54, 1.807) is 13.8 Å². The van der Waals surface area contributed by atoms with Gasteiger partial charge in [0, 0.05) is 12.1 Å². The summed E-state index contributed by atoms with van der Waals surface area (Å²) in [4.78, 5) is 23.1. The SMILES string of the molecule is CC1=C(C)N(C(CCC(=O)O)C(=O)O)CN1O. The third-order valence-electron chi connectivity index (χ3n) is 2.92. The van der Waals surface area contributed by atoms with Crippen molar-refractivity contribution in [3.63, 3.8) is 0 Å². The Morgan fingerprint density at radius 1 is 1.29 bits per heavy atom. The van der Waals surface area contributed by atoms with Crippen LogP contribution in [0.5, 0.6) is 0 Å². The van der Waals surface area contributed by atoms with Gasteiger partial charge in [0.2, 0.25) is 0 Å². The fourth-order valence-electron chi connectivity index (χ4n) is 1.76. The number of carboxylic acid groups (broad SMARTS) is 2. The quantitative estimate of drug-likeness (QED) is 0.648. The first kappa shape index (κ1) is 13.3. The maximum atomic E-state index is 11.1. The number of hydrogen-bond acceptors (Lipinski definition) is 5. The van der Waals surface area contributed by atoms with Crippen LogP contribution in [0.25, 0.3) is 0 Å². The molecule has 0 aliphatic carbocycles. The molecule has 0 aromatic rings. The zero-order valence-corrected chi connectivity index (χ0v) is 9.75. The first-order valence-corrected chi connectivity index (χ1v) is 5.19. The van der Waals surface area contributed by atoms with Gasteiger partial charge in [-0.15, -0.1) is 0 Å². The van der Waals surface area contributed by atoms with E-state index in [2.05, 4.69) is 0 Å². The predicted molar refractivity (Wildman–Crippen MR) is 57.0 cm³/mol. The topological polar surface area (TPSA) is 101 Å². The summed E-state index contributed by atoms with van der Waals surface area (Å²) in [5, 5.41) is 28.1. The van der Waals surface area contributed by atoms with E-state index >= 15 is 0 Å². The lowest BCUT2D eigenvalue weighted by Gasteiger charge is -2.26. The van der Waals surface area contributed by atoms with Crippen molar-refractivity contribution in [1.29, 1.82) is 0 Å². The summed E-state index contributed by atoms with van der Waals surface area (Å²) in [7, 11) is 0. The van der Waals surface area contributed by atoms with Gasteiger partial charge in [-0.05, 0) is 20.3 Å². The highest BCUT2D eigenvalue weighted by atomic mass is 16.5. The van der Waals surface area contributed by atoms with Crippen LogP contribution in [0.2, 0.25) is 0 Å². The molecule has 0 radical (unpaired) electrons. The normalized spacial score (nSPS) is 17.6. The van der Waals surface area contributed by atoms with Crippen molar-refractivity contribution in [3.8, 4) is 0 Å². The summed E-state index contributed by atoms with van der Waals surface area (Å²) in [6, 6.07) is -0.932. The molecule has 1 rings (SSSR count). The molecule has 7 heteroatoms. The number of rotatable bonds is 5. The maximum absolute atomic E-state index is 11.1. The van der Waals surface area contributed by atoms with Gasteiger partial charge in [0.15, 0.2) is 0 Å². The summed E-state index contributed by atoms with van der Waals surface area (Å²) in [6.45, 7) is 3.42. The molecule has 1 heterocycles. The molecule has 0 aromatic heterocycles. The number of hydrogen-bond donors (Lipinski definition) is 3. The third-order valence-corrected chi connectivity index (χ3v) is 2.92. The predicted octanol–water partition coefficient (Wildman–Crippen LogP) is 0.520. The van der Waals surface area contributed by atoms with Gasteiger partial charge in [0.25, 0.3) is 0 Å². The van der Waals surface area contributed by atoms with Crippen LogP contribution in [0.4, 0.5) is 0 Å². The molecule has 0 aromatic carbocycles. The third kappa shape index (κ3) is 2.88. The fourth-order valence-corrected chi connectivity index (χ4v) is 1.76. The van der Waals surface area contributed by atoms with Crippen LogP contribution in [0.15, 0.2) is 11.4 Å². The number of aliphatic carboxylic acids is 2. The minimum Gasteiger partial charge on any atom is -0.481 e. The lowest BCUT2D eigenvalue weighted by molar-refractivity contribution is -0.145. The fraction of sp³-hybridized carbons (Fsp3) is 0.600. The van der Waals surface area contributed by atoms with Crippen molar-refractivity contribution < 1.29 is 25.0 Å². The van der Waals surface area contributed by atoms with Crippen LogP contribution < -0.4 is 0 Å². The summed E-state index contributed by atoms with van der Waals surface area (Å²) >= 11 is 0. The molecule has 1 aliphatic rings. The van der Waals surface area contributed by atoms with E-state index in [9.17, 15) is 14.8 Å².